The Morgan fingerprint density at radius 2 is 2.06 bits per heavy atom. The van der Waals surface area contributed by atoms with Gasteiger partial charge < -0.3 is 11.1 Å². The fourth-order valence-corrected chi connectivity index (χ4v) is 2.42. The van der Waals surface area contributed by atoms with Crippen molar-refractivity contribution in [3.63, 3.8) is 0 Å². The summed E-state index contributed by atoms with van der Waals surface area (Å²) in [6.07, 6.45) is 0. The van der Waals surface area contributed by atoms with Crippen LogP contribution in [0.1, 0.15) is 16.7 Å². The van der Waals surface area contributed by atoms with Gasteiger partial charge in [0, 0.05) is 13.1 Å². The fourth-order valence-electron chi connectivity index (χ4n) is 1.60. The van der Waals surface area contributed by atoms with Gasteiger partial charge in [-0.25, -0.2) is 0 Å². The molecule has 0 saturated heterocycles. The van der Waals surface area contributed by atoms with Crippen molar-refractivity contribution in [2.75, 3.05) is 5.32 Å². The molecule has 1 aromatic carbocycles. The first kappa shape index (κ1) is 11.2. The Kier molecular flexibility index (Phi) is 3.59. The van der Waals surface area contributed by atoms with Gasteiger partial charge in [-0.3, -0.25) is 0 Å². The highest BCUT2D eigenvalue weighted by Crippen LogP contribution is 2.22. The summed E-state index contributed by atoms with van der Waals surface area (Å²) in [7, 11) is 0. The van der Waals surface area contributed by atoms with Crippen LogP contribution < -0.4 is 11.1 Å². The van der Waals surface area contributed by atoms with Crippen molar-refractivity contribution in [2.45, 2.75) is 20.0 Å². The van der Waals surface area contributed by atoms with Gasteiger partial charge >= 0.3 is 0 Å². The summed E-state index contributed by atoms with van der Waals surface area (Å²) < 4.78 is 0. The molecule has 84 valence electrons. The standard InChI is InChI=1S/C13H16N2S/c1-10-5-6-16-13(10)15-9-12-4-2-3-11(7-12)8-14/h2-7,15H,8-9,14H2,1H3. The lowest BCUT2D eigenvalue weighted by Crippen LogP contribution is -2.01. The zero-order chi connectivity index (χ0) is 11.4. The lowest BCUT2D eigenvalue weighted by atomic mass is 10.1. The highest BCUT2D eigenvalue weighted by Gasteiger charge is 1.99. The topological polar surface area (TPSA) is 38.0 Å². The first-order chi connectivity index (χ1) is 7.79. The predicted molar refractivity (Wildman–Crippen MR) is 70.7 cm³/mol. The van der Waals surface area contributed by atoms with Crippen LogP contribution in [0.25, 0.3) is 0 Å². The van der Waals surface area contributed by atoms with Crippen molar-refractivity contribution in [1.82, 2.24) is 0 Å². The van der Waals surface area contributed by atoms with Gasteiger partial charge in [-0.05, 0) is 35.1 Å². The Morgan fingerprint density at radius 3 is 2.75 bits per heavy atom. The third-order valence-electron chi connectivity index (χ3n) is 2.54. The Balaban J connectivity index is 2.02. The number of hydrogen-bond acceptors (Lipinski definition) is 3. The van der Waals surface area contributed by atoms with Gasteiger partial charge in [0.2, 0.25) is 0 Å². The van der Waals surface area contributed by atoms with Gasteiger partial charge in [0.25, 0.3) is 0 Å². The Bertz CT molecular complexity index is 462. The van der Waals surface area contributed by atoms with Gasteiger partial charge in [-0.1, -0.05) is 24.3 Å². The van der Waals surface area contributed by atoms with Crippen molar-refractivity contribution >= 4 is 16.3 Å². The summed E-state index contributed by atoms with van der Waals surface area (Å²) in [6.45, 7) is 3.58. The molecule has 16 heavy (non-hydrogen) atoms. The van der Waals surface area contributed by atoms with E-state index in [1.165, 1.54) is 21.7 Å². The van der Waals surface area contributed by atoms with Gasteiger partial charge in [-0.15, -0.1) is 11.3 Å². The number of benzene rings is 1. The minimum absolute atomic E-state index is 0.603. The van der Waals surface area contributed by atoms with E-state index < -0.39 is 0 Å². The van der Waals surface area contributed by atoms with Gasteiger partial charge in [0.05, 0.1) is 5.00 Å². The monoisotopic (exact) mass is 232 g/mol. The molecule has 0 saturated carbocycles. The molecule has 0 atom stereocenters. The molecular formula is C13H16N2S. The molecule has 2 nitrogen and oxygen atoms in total. The number of nitrogens with one attached hydrogen (secondary N) is 1. The summed E-state index contributed by atoms with van der Waals surface area (Å²) in [5.41, 5.74) is 9.38. The number of nitrogens with two attached hydrogens (primary N) is 1. The largest absolute Gasteiger partial charge is 0.373 e. The Labute approximate surface area is 100 Å². The highest BCUT2D eigenvalue weighted by molar-refractivity contribution is 7.14. The van der Waals surface area contributed by atoms with Gasteiger partial charge in [0.1, 0.15) is 0 Å². The molecule has 1 aromatic heterocycles. The Hall–Kier alpha value is -1.32. The molecule has 2 aromatic rings. The number of anilines is 1. The fraction of sp³-hybridized carbons (Fsp3) is 0.231. The zero-order valence-electron chi connectivity index (χ0n) is 9.36. The molecular weight excluding hydrogens is 216 g/mol. The first-order valence-electron chi connectivity index (χ1n) is 5.35. The maximum absolute atomic E-state index is 5.62. The second kappa shape index (κ2) is 5.14. The van der Waals surface area contributed by atoms with E-state index in [1.807, 2.05) is 0 Å². The molecule has 0 spiro atoms. The van der Waals surface area contributed by atoms with E-state index in [0.717, 1.165) is 6.54 Å². The molecule has 3 heteroatoms. The summed E-state index contributed by atoms with van der Waals surface area (Å²) in [5.74, 6) is 0. The van der Waals surface area contributed by atoms with Crippen LogP contribution in [0, 0.1) is 6.92 Å². The Morgan fingerprint density at radius 1 is 1.25 bits per heavy atom. The molecule has 0 aliphatic heterocycles. The average Bonchev–Trinajstić information content (AvgIpc) is 2.72. The smallest absolute Gasteiger partial charge is 0.0914 e. The zero-order valence-corrected chi connectivity index (χ0v) is 10.2. The van der Waals surface area contributed by atoms with Crippen LogP contribution in [0.5, 0.6) is 0 Å². The summed E-state index contributed by atoms with van der Waals surface area (Å²) >= 11 is 1.74. The van der Waals surface area contributed by atoms with Crippen LogP contribution in [-0.2, 0) is 13.1 Å². The number of aryl methyl sites for hydroxylation is 1. The van der Waals surface area contributed by atoms with Crippen molar-refractivity contribution in [3.05, 3.63) is 52.4 Å². The minimum Gasteiger partial charge on any atom is -0.373 e. The van der Waals surface area contributed by atoms with E-state index >= 15 is 0 Å². The van der Waals surface area contributed by atoms with Crippen LogP contribution >= 0.6 is 11.3 Å². The second-order valence-electron chi connectivity index (χ2n) is 3.81. The van der Waals surface area contributed by atoms with Crippen molar-refractivity contribution in [2.24, 2.45) is 5.73 Å². The van der Waals surface area contributed by atoms with Gasteiger partial charge in [-0.2, -0.15) is 0 Å². The lowest BCUT2D eigenvalue weighted by molar-refractivity contribution is 1.05. The molecule has 1 heterocycles. The normalized spacial score (nSPS) is 10.4. The van der Waals surface area contributed by atoms with Crippen LogP contribution in [0.15, 0.2) is 35.7 Å². The minimum atomic E-state index is 0.603. The molecule has 0 bridgehead atoms. The van der Waals surface area contributed by atoms with Gasteiger partial charge in [0.15, 0.2) is 0 Å². The quantitative estimate of drug-likeness (QED) is 0.850. The molecule has 3 N–H and O–H groups in total. The van der Waals surface area contributed by atoms with Crippen LogP contribution in [0.4, 0.5) is 5.00 Å². The average molecular weight is 232 g/mol. The summed E-state index contributed by atoms with van der Waals surface area (Å²) in [5, 5.41) is 6.79. The van der Waals surface area contributed by atoms with Crippen molar-refractivity contribution < 1.29 is 0 Å². The highest BCUT2D eigenvalue weighted by atomic mass is 32.1. The van der Waals surface area contributed by atoms with E-state index in [1.54, 1.807) is 11.3 Å². The summed E-state index contributed by atoms with van der Waals surface area (Å²) in [4.78, 5) is 0. The van der Waals surface area contributed by atoms with E-state index in [0.29, 0.717) is 6.54 Å². The SMILES string of the molecule is Cc1ccsc1NCc1cccc(CN)c1. The molecule has 0 aliphatic carbocycles. The van der Waals surface area contributed by atoms with Crippen molar-refractivity contribution in [3.8, 4) is 0 Å². The van der Waals surface area contributed by atoms with Crippen LogP contribution in [0.2, 0.25) is 0 Å². The van der Waals surface area contributed by atoms with Crippen LogP contribution in [-0.4, -0.2) is 0 Å². The van der Waals surface area contributed by atoms with Crippen molar-refractivity contribution in [1.29, 1.82) is 0 Å². The van der Waals surface area contributed by atoms with E-state index in [9.17, 15) is 0 Å². The molecule has 0 amide bonds. The summed E-state index contributed by atoms with van der Waals surface area (Å²) in [6, 6.07) is 10.5. The maximum Gasteiger partial charge on any atom is 0.0914 e. The number of rotatable bonds is 4. The predicted octanol–water partition coefficient (Wildman–Crippen LogP) is 3.13. The maximum atomic E-state index is 5.62. The molecule has 0 aliphatic rings. The number of hydrogen-bond donors (Lipinski definition) is 2. The molecule has 0 fully saturated rings. The van der Waals surface area contributed by atoms with Crippen LogP contribution in [0.3, 0.4) is 0 Å². The molecule has 0 radical (unpaired) electrons. The third kappa shape index (κ3) is 2.62. The van der Waals surface area contributed by atoms with E-state index in [4.69, 9.17) is 5.73 Å². The van der Waals surface area contributed by atoms with E-state index in [2.05, 4.69) is 48.0 Å². The van der Waals surface area contributed by atoms with E-state index in [-0.39, 0.29) is 0 Å². The molecule has 0 unspecified atom stereocenters. The third-order valence-corrected chi connectivity index (χ3v) is 3.52. The molecule has 2 rings (SSSR count). The number of thiophene rings is 1. The second-order valence-corrected chi connectivity index (χ2v) is 4.73. The first-order valence-corrected chi connectivity index (χ1v) is 6.23. The lowest BCUT2D eigenvalue weighted by Gasteiger charge is -2.06.